The van der Waals surface area contributed by atoms with Crippen LogP contribution in [0.3, 0.4) is 0 Å². The summed E-state index contributed by atoms with van der Waals surface area (Å²) in [5.41, 5.74) is 1.06. The quantitative estimate of drug-likeness (QED) is 0.911. The first kappa shape index (κ1) is 14.6. The van der Waals surface area contributed by atoms with E-state index in [1.54, 1.807) is 0 Å². The lowest BCUT2D eigenvalue weighted by Gasteiger charge is -2.36. The van der Waals surface area contributed by atoms with Gasteiger partial charge in [-0.1, -0.05) is 55.8 Å². The molecule has 0 amide bonds. The predicted molar refractivity (Wildman–Crippen MR) is 88.4 cm³/mol. The van der Waals surface area contributed by atoms with Crippen LogP contribution in [0, 0.1) is 0 Å². The number of likely N-dealkylation sites (tertiary alicyclic amines) is 1. The van der Waals surface area contributed by atoms with Crippen molar-refractivity contribution in [2.75, 3.05) is 13.1 Å². The average molecular weight is 283 g/mol. The molecule has 3 rings (SSSR count). The van der Waals surface area contributed by atoms with Gasteiger partial charge in [-0.3, -0.25) is 4.90 Å². The van der Waals surface area contributed by atoms with Gasteiger partial charge in [0.1, 0.15) is 0 Å². The van der Waals surface area contributed by atoms with Crippen molar-refractivity contribution in [3.8, 4) is 0 Å². The van der Waals surface area contributed by atoms with E-state index in [2.05, 4.69) is 42.2 Å². The molecule has 2 atom stereocenters. The fourth-order valence-corrected chi connectivity index (χ4v) is 3.62. The van der Waals surface area contributed by atoms with Crippen LogP contribution in [0.1, 0.15) is 44.3 Å². The van der Waals surface area contributed by atoms with Crippen molar-refractivity contribution in [3.63, 3.8) is 0 Å². The molecule has 1 fully saturated rings. The number of aliphatic hydroxyl groups excluding tert-OH is 1. The Bertz CT molecular complexity index is 590. The second kappa shape index (κ2) is 6.59. The molecule has 0 spiro atoms. The predicted octanol–water partition coefficient (Wildman–Crippen LogP) is 4.14. The Morgan fingerprint density at radius 2 is 1.95 bits per heavy atom. The highest BCUT2D eigenvalue weighted by Gasteiger charge is 2.24. The third-order valence-electron chi connectivity index (χ3n) is 4.81. The highest BCUT2D eigenvalue weighted by atomic mass is 16.3. The molecule has 2 aromatic rings. The molecule has 2 unspecified atom stereocenters. The number of hydrogen-bond donors (Lipinski definition) is 1. The molecule has 0 radical (unpaired) electrons. The van der Waals surface area contributed by atoms with Crippen LogP contribution in [0.4, 0.5) is 0 Å². The molecule has 1 saturated heterocycles. The number of piperidine rings is 1. The van der Waals surface area contributed by atoms with Crippen LogP contribution in [-0.4, -0.2) is 29.1 Å². The summed E-state index contributed by atoms with van der Waals surface area (Å²) in [5, 5.41) is 13.1. The molecule has 0 saturated carbocycles. The van der Waals surface area contributed by atoms with Crippen LogP contribution in [0.5, 0.6) is 0 Å². The number of rotatable bonds is 4. The zero-order valence-electron chi connectivity index (χ0n) is 12.8. The monoisotopic (exact) mass is 283 g/mol. The molecule has 21 heavy (non-hydrogen) atoms. The molecule has 1 aliphatic heterocycles. The first-order valence-corrected chi connectivity index (χ1v) is 8.19. The Balaban J connectivity index is 1.82. The van der Waals surface area contributed by atoms with Crippen LogP contribution in [0.25, 0.3) is 10.8 Å². The van der Waals surface area contributed by atoms with Gasteiger partial charge in [-0.15, -0.1) is 0 Å². The molecule has 2 heteroatoms. The van der Waals surface area contributed by atoms with E-state index in [4.69, 9.17) is 0 Å². The molecule has 0 bridgehead atoms. The van der Waals surface area contributed by atoms with E-state index in [0.29, 0.717) is 6.04 Å². The SMILES string of the molecule is CCC1CCCCN1CC(O)c1cccc2ccccc12. The minimum Gasteiger partial charge on any atom is -0.387 e. The van der Waals surface area contributed by atoms with E-state index in [-0.39, 0.29) is 0 Å². The molecule has 0 aliphatic carbocycles. The van der Waals surface area contributed by atoms with Crippen LogP contribution < -0.4 is 0 Å². The van der Waals surface area contributed by atoms with Gasteiger partial charge in [0.2, 0.25) is 0 Å². The molecule has 2 aromatic carbocycles. The van der Waals surface area contributed by atoms with Crippen molar-refractivity contribution < 1.29 is 5.11 Å². The summed E-state index contributed by atoms with van der Waals surface area (Å²) >= 11 is 0. The zero-order chi connectivity index (χ0) is 14.7. The van der Waals surface area contributed by atoms with Crippen molar-refractivity contribution in [3.05, 3.63) is 48.0 Å². The lowest BCUT2D eigenvalue weighted by molar-refractivity contribution is 0.0663. The molecule has 2 nitrogen and oxygen atoms in total. The second-order valence-electron chi connectivity index (χ2n) is 6.14. The van der Waals surface area contributed by atoms with E-state index < -0.39 is 6.10 Å². The largest absolute Gasteiger partial charge is 0.387 e. The van der Waals surface area contributed by atoms with Crippen LogP contribution >= 0.6 is 0 Å². The standard InChI is InChI=1S/C19H25NO/c1-2-16-10-5-6-13-20(16)14-19(21)18-12-7-9-15-8-3-4-11-17(15)18/h3-4,7-9,11-12,16,19,21H,2,5-6,10,13-14H2,1H3. The summed E-state index contributed by atoms with van der Waals surface area (Å²) < 4.78 is 0. The van der Waals surface area contributed by atoms with Crippen molar-refractivity contribution in [2.24, 2.45) is 0 Å². The Labute approximate surface area is 127 Å². The molecule has 1 aliphatic rings. The van der Waals surface area contributed by atoms with Crippen LogP contribution in [0.2, 0.25) is 0 Å². The molecule has 112 valence electrons. The van der Waals surface area contributed by atoms with Gasteiger partial charge in [0.25, 0.3) is 0 Å². The van der Waals surface area contributed by atoms with Crippen LogP contribution in [-0.2, 0) is 0 Å². The fourth-order valence-electron chi connectivity index (χ4n) is 3.62. The lowest BCUT2D eigenvalue weighted by atomic mass is 9.96. The first-order chi connectivity index (χ1) is 10.3. The summed E-state index contributed by atoms with van der Waals surface area (Å²) in [5.74, 6) is 0. The molecular weight excluding hydrogens is 258 g/mol. The zero-order valence-corrected chi connectivity index (χ0v) is 12.8. The number of β-amino-alcohol motifs (C(OH)–C–C–N with tert-alkyl or cyclic N) is 1. The van der Waals surface area contributed by atoms with Crippen LogP contribution in [0.15, 0.2) is 42.5 Å². The molecule has 0 aromatic heterocycles. The third kappa shape index (κ3) is 3.12. The summed E-state index contributed by atoms with van der Waals surface area (Å²) in [6, 6.07) is 15.2. The average Bonchev–Trinajstić information content (AvgIpc) is 2.54. The second-order valence-corrected chi connectivity index (χ2v) is 6.14. The van der Waals surface area contributed by atoms with Crippen molar-refractivity contribution in [2.45, 2.75) is 44.8 Å². The number of nitrogens with zero attached hydrogens (tertiary/aromatic N) is 1. The topological polar surface area (TPSA) is 23.5 Å². The van der Waals surface area contributed by atoms with Crippen molar-refractivity contribution >= 4 is 10.8 Å². The molecule has 1 N–H and O–H groups in total. The minimum atomic E-state index is -0.400. The van der Waals surface area contributed by atoms with Gasteiger partial charge in [0, 0.05) is 12.6 Å². The summed E-state index contributed by atoms with van der Waals surface area (Å²) in [7, 11) is 0. The van der Waals surface area contributed by atoms with E-state index in [9.17, 15) is 5.11 Å². The third-order valence-corrected chi connectivity index (χ3v) is 4.81. The summed E-state index contributed by atoms with van der Waals surface area (Å²) in [6.07, 6.45) is 4.65. The highest BCUT2D eigenvalue weighted by molar-refractivity contribution is 5.85. The Hall–Kier alpha value is -1.38. The van der Waals surface area contributed by atoms with Gasteiger partial charge in [-0.25, -0.2) is 0 Å². The normalized spacial score (nSPS) is 21.5. The van der Waals surface area contributed by atoms with Gasteiger partial charge >= 0.3 is 0 Å². The van der Waals surface area contributed by atoms with Crippen molar-refractivity contribution in [1.82, 2.24) is 4.90 Å². The number of aliphatic hydroxyl groups is 1. The fraction of sp³-hybridized carbons (Fsp3) is 0.474. The maximum absolute atomic E-state index is 10.7. The van der Waals surface area contributed by atoms with E-state index >= 15 is 0 Å². The Morgan fingerprint density at radius 1 is 1.14 bits per heavy atom. The molecular formula is C19H25NO. The Morgan fingerprint density at radius 3 is 2.81 bits per heavy atom. The highest BCUT2D eigenvalue weighted by Crippen LogP contribution is 2.27. The lowest BCUT2D eigenvalue weighted by Crippen LogP contribution is -2.41. The first-order valence-electron chi connectivity index (χ1n) is 8.19. The Kier molecular flexibility index (Phi) is 4.57. The van der Waals surface area contributed by atoms with Crippen molar-refractivity contribution in [1.29, 1.82) is 0 Å². The maximum Gasteiger partial charge on any atom is 0.0923 e. The summed E-state index contributed by atoms with van der Waals surface area (Å²) in [6.45, 7) is 4.14. The number of benzene rings is 2. The van der Waals surface area contributed by atoms with Gasteiger partial charge < -0.3 is 5.11 Å². The van der Waals surface area contributed by atoms with Gasteiger partial charge in [0.05, 0.1) is 6.10 Å². The summed E-state index contributed by atoms with van der Waals surface area (Å²) in [4.78, 5) is 2.48. The van der Waals surface area contributed by atoms with E-state index in [0.717, 1.165) is 18.7 Å². The number of fused-ring (bicyclic) bond motifs is 1. The van der Waals surface area contributed by atoms with Gasteiger partial charge in [0.15, 0.2) is 0 Å². The smallest absolute Gasteiger partial charge is 0.0923 e. The maximum atomic E-state index is 10.7. The van der Waals surface area contributed by atoms with E-state index in [1.807, 2.05) is 12.1 Å². The molecule has 1 heterocycles. The minimum absolute atomic E-state index is 0.400. The van der Waals surface area contributed by atoms with Gasteiger partial charge in [-0.05, 0) is 42.1 Å². The van der Waals surface area contributed by atoms with E-state index in [1.165, 1.54) is 36.5 Å². The van der Waals surface area contributed by atoms with Gasteiger partial charge in [-0.2, -0.15) is 0 Å². The number of hydrogen-bond acceptors (Lipinski definition) is 2.